The van der Waals surface area contributed by atoms with Gasteiger partial charge in [-0.1, -0.05) is 13.8 Å². The van der Waals surface area contributed by atoms with Crippen molar-refractivity contribution in [3.8, 4) is 0 Å². The Kier molecular flexibility index (Phi) is 3.91. The zero-order valence-corrected chi connectivity index (χ0v) is 11.3. The van der Waals surface area contributed by atoms with Crippen molar-refractivity contribution in [2.45, 2.75) is 52.0 Å². The number of nitrogens with one attached hydrogen (secondary N) is 1. The van der Waals surface area contributed by atoms with Gasteiger partial charge in [0.05, 0.1) is 0 Å². The van der Waals surface area contributed by atoms with Gasteiger partial charge in [-0.15, -0.1) is 0 Å². The minimum atomic E-state index is 0.467. The molecule has 1 atom stereocenters. The van der Waals surface area contributed by atoms with Gasteiger partial charge in [0.25, 0.3) is 0 Å². The minimum Gasteiger partial charge on any atom is -0.314 e. The van der Waals surface area contributed by atoms with Gasteiger partial charge >= 0.3 is 0 Å². The van der Waals surface area contributed by atoms with Crippen molar-refractivity contribution >= 4 is 0 Å². The van der Waals surface area contributed by atoms with Gasteiger partial charge in [0.1, 0.15) is 0 Å². The SMILES string of the molecule is CC(C)CCCN1CCNCC1(C)C1CC1. The summed E-state index contributed by atoms with van der Waals surface area (Å²) < 4.78 is 0. The van der Waals surface area contributed by atoms with Crippen LogP contribution in [0.4, 0.5) is 0 Å². The molecule has 16 heavy (non-hydrogen) atoms. The molecule has 2 heteroatoms. The van der Waals surface area contributed by atoms with Crippen LogP contribution in [0.15, 0.2) is 0 Å². The topological polar surface area (TPSA) is 15.3 Å². The molecule has 2 nitrogen and oxygen atoms in total. The first kappa shape index (κ1) is 12.4. The summed E-state index contributed by atoms with van der Waals surface area (Å²) in [6.07, 6.45) is 5.67. The van der Waals surface area contributed by atoms with E-state index in [9.17, 15) is 0 Å². The molecule has 0 aromatic rings. The third-order valence-corrected chi connectivity index (χ3v) is 4.43. The smallest absolute Gasteiger partial charge is 0.0334 e. The Labute approximate surface area is 101 Å². The molecule has 0 bridgehead atoms. The molecule has 0 spiro atoms. The fourth-order valence-corrected chi connectivity index (χ4v) is 3.09. The number of hydrogen-bond donors (Lipinski definition) is 1. The first-order valence-corrected chi connectivity index (χ1v) is 7.08. The van der Waals surface area contributed by atoms with E-state index in [0.29, 0.717) is 5.54 Å². The highest BCUT2D eigenvalue weighted by atomic mass is 15.3. The van der Waals surface area contributed by atoms with E-state index in [-0.39, 0.29) is 0 Å². The van der Waals surface area contributed by atoms with E-state index in [1.807, 2.05) is 0 Å². The second kappa shape index (κ2) is 5.05. The van der Waals surface area contributed by atoms with E-state index in [1.54, 1.807) is 0 Å². The van der Waals surface area contributed by atoms with Crippen LogP contribution in [0.2, 0.25) is 0 Å². The first-order valence-electron chi connectivity index (χ1n) is 7.08. The Balaban J connectivity index is 1.84. The molecule has 0 radical (unpaired) electrons. The number of hydrogen-bond acceptors (Lipinski definition) is 2. The molecule has 1 unspecified atom stereocenters. The summed E-state index contributed by atoms with van der Waals surface area (Å²) in [5.41, 5.74) is 0.467. The van der Waals surface area contributed by atoms with Crippen molar-refractivity contribution < 1.29 is 0 Å². The van der Waals surface area contributed by atoms with Gasteiger partial charge in [0.2, 0.25) is 0 Å². The van der Waals surface area contributed by atoms with Crippen LogP contribution in [0, 0.1) is 11.8 Å². The Hall–Kier alpha value is -0.0800. The van der Waals surface area contributed by atoms with Gasteiger partial charge in [-0.05, 0) is 51.0 Å². The minimum absolute atomic E-state index is 0.467. The lowest BCUT2D eigenvalue weighted by atomic mass is 9.90. The maximum atomic E-state index is 3.58. The highest BCUT2D eigenvalue weighted by Gasteiger charge is 2.46. The van der Waals surface area contributed by atoms with Gasteiger partial charge in [0.15, 0.2) is 0 Å². The average Bonchev–Trinajstić information content (AvgIpc) is 3.04. The monoisotopic (exact) mass is 224 g/mol. The molecule has 0 amide bonds. The second-order valence-corrected chi connectivity index (χ2v) is 6.33. The van der Waals surface area contributed by atoms with Crippen LogP contribution in [0.5, 0.6) is 0 Å². The molecule has 1 saturated heterocycles. The van der Waals surface area contributed by atoms with E-state index in [2.05, 4.69) is 31.0 Å². The molecule has 0 aromatic heterocycles. The van der Waals surface area contributed by atoms with Gasteiger partial charge < -0.3 is 5.32 Å². The predicted molar refractivity (Wildman–Crippen MR) is 69.6 cm³/mol. The number of piperazine rings is 1. The lowest BCUT2D eigenvalue weighted by molar-refractivity contribution is 0.0535. The highest BCUT2D eigenvalue weighted by Crippen LogP contribution is 2.43. The summed E-state index contributed by atoms with van der Waals surface area (Å²) in [6.45, 7) is 12.1. The summed E-state index contributed by atoms with van der Waals surface area (Å²) in [5.74, 6) is 1.83. The molecule has 0 aromatic carbocycles. The zero-order valence-electron chi connectivity index (χ0n) is 11.3. The van der Waals surface area contributed by atoms with Gasteiger partial charge in [-0.3, -0.25) is 4.90 Å². The molecule has 2 aliphatic rings. The van der Waals surface area contributed by atoms with Gasteiger partial charge in [-0.2, -0.15) is 0 Å². The number of rotatable bonds is 5. The summed E-state index contributed by atoms with van der Waals surface area (Å²) in [4.78, 5) is 2.77. The normalized spacial score (nSPS) is 32.2. The summed E-state index contributed by atoms with van der Waals surface area (Å²) in [6, 6.07) is 0. The third-order valence-electron chi connectivity index (χ3n) is 4.43. The van der Waals surface area contributed by atoms with Crippen molar-refractivity contribution in [3.63, 3.8) is 0 Å². The summed E-state index contributed by atoms with van der Waals surface area (Å²) in [5, 5.41) is 3.58. The summed E-state index contributed by atoms with van der Waals surface area (Å²) >= 11 is 0. The molecule has 1 heterocycles. The fourth-order valence-electron chi connectivity index (χ4n) is 3.09. The summed E-state index contributed by atoms with van der Waals surface area (Å²) in [7, 11) is 0. The van der Waals surface area contributed by atoms with Crippen LogP contribution in [0.3, 0.4) is 0 Å². The second-order valence-electron chi connectivity index (χ2n) is 6.33. The predicted octanol–water partition coefficient (Wildman–Crippen LogP) is 2.50. The Morgan fingerprint density at radius 3 is 2.75 bits per heavy atom. The molecule has 94 valence electrons. The van der Waals surface area contributed by atoms with Crippen molar-refractivity contribution in [2.24, 2.45) is 11.8 Å². The van der Waals surface area contributed by atoms with E-state index in [4.69, 9.17) is 0 Å². The largest absolute Gasteiger partial charge is 0.314 e. The molecule has 1 N–H and O–H groups in total. The molecule has 2 rings (SSSR count). The zero-order chi connectivity index (χ0) is 11.6. The molecular weight excluding hydrogens is 196 g/mol. The first-order chi connectivity index (χ1) is 7.63. The van der Waals surface area contributed by atoms with Crippen LogP contribution < -0.4 is 5.32 Å². The fraction of sp³-hybridized carbons (Fsp3) is 1.00. The lowest BCUT2D eigenvalue weighted by Crippen LogP contribution is -2.61. The van der Waals surface area contributed by atoms with E-state index < -0.39 is 0 Å². The van der Waals surface area contributed by atoms with E-state index in [1.165, 1.54) is 51.9 Å². The van der Waals surface area contributed by atoms with E-state index in [0.717, 1.165) is 11.8 Å². The van der Waals surface area contributed by atoms with Crippen LogP contribution in [0.25, 0.3) is 0 Å². The maximum Gasteiger partial charge on any atom is 0.0334 e. The number of nitrogens with zero attached hydrogens (tertiary/aromatic N) is 1. The van der Waals surface area contributed by atoms with Gasteiger partial charge in [0, 0.05) is 25.2 Å². The van der Waals surface area contributed by atoms with Crippen molar-refractivity contribution in [1.29, 1.82) is 0 Å². The standard InChI is InChI=1S/C14H28N2/c1-12(2)5-4-9-16-10-8-15-11-14(16,3)13-6-7-13/h12-13,15H,4-11H2,1-3H3. The highest BCUT2D eigenvalue weighted by molar-refractivity contribution is 5.02. The Morgan fingerprint density at radius 1 is 1.38 bits per heavy atom. The van der Waals surface area contributed by atoms with Crippen molar-refractivity contribution in [3.05, 3.63) is 0 Å². The Bertz CT molecular complexity index is 223. The van der Waals surface area contributed by atoms with Crippen molar-refractivity contribution in [1.82, 2.24) is 10.2 Å². The third kappa shape index (κ3) is 2.78. The molecule has 1 aliphatic carbocycles. The maximum absolute atomic E-state index is 3.58. The van der Waals surface area contributed by atoms with Crippen molar-refractivity contribution in [2.75, 3.05) is 26.2 Å². The average molecular weight is 224 g/mol. The molecule has 2 fully saturated rings. The van der Waals surface area contributed by atoms with Crippen LogP contribution >= 0.6 is 0 Å². The lowest BCUT2D eigenvalue weighted by Gasteiger charge is -2.46. The molecule has 1 saturated carbocycles. The quantitative estimate of drug-likeness (QED) is 0.772. The molecular formula is C14H28N2. The van der Waals surface area contributed by atoms with E-state index >= 15 is 0 Å². The van der Waals surface area contributed by atoms with Gasteiger partial charge in [-0.25, -0.2) is 0 Å². The molecule has 1 aliphatic heterocycles. The van der Waals surface area contributed by atoms with Crippen LogP contribution in [0.1, 0.15) is 46.5 Å². The van der Waals surface area contributed by atoms with Crippen LogP contribution in [-0.4, -0.2) is 36.6 Å². The Morgan fingerprint density at radius 2 is 2.12 bits per heavy atom. The van der Waals surface area contributed by atoms with Crippen LogP contribution in [-0.2, 0) is 0 Å².